The van der Waals surface area contributed by atoms with Crippen LogP contribution in [0.15, 0.2) is 0 Å². The van der Waals surface area contributed by atoms with Gasteiger partial charge in [0.05, 0.1) is 6.61 Å². The average Bonchev–Trinajstić information content (AvgIpc) is 2.51. The Morgan fingerprint density at radius 1 is 0.741 bits per heavy atom. The average molecular weight is 416 g/mol. The number of hydrogen-bond donors (Lipinski definition) is 5. The predicted molar refractivity (Wildman–Crippen MR) is 107 cm³/mol. The van der Waals surface area contributed by atoms with Gasteiger partial charge in [-0.3, -0.25) is 4.52 Å². The lowest BCUT2D eigenvalue weighted by atomic mass is 10.1. The van der Waals surface area contributed by atoms with Gasteiger partial charge in [-0.1, -0.05) is 64.7 Å². The standard InChI is InChI=1S/C12H27O4P.C6H15NO3/c1-2-3-4-5-6-7-8-9-10-11-12-16-17(13,14)15;1-4(8)7(5(2)9)6(3)10/h2-12H2,1H3,(H2,13,14,15);4-6,8-10H,1-3H3. The van der Waals surface area contributed by atoms with Gasteiger partial charge in [-0.15, -0.1) is 0 Å². The zero-order chi connectivity index (χ0) is 21.3. The van der Waals surface area contributed by atoms with Crippen LogP contribution in [0.3, 0.4) is 0 Å². The number of nitrogens with zero attached hydrogens (tertiary/aromatic N) is 1. The second-order valence-electron chi connectivity index (χ2n) is 6.85. The fourth-order valence-electron chi connectivity index (χ4n) is 2.71. The molecule has 3 atom stereocenters. The molecule has 0 aliphatic heterocycles. The molecule has 0 aliphatic rings. The van der Waals surface area contributed by atoms with Crippen molar-refractivity contribution in [2.45, 2.75) is 111 Å². The summed E-state index contributed by atoms with van der Waals surface area (Å²) in [4.78, 5) is 18.1. The molecule has 0 saturated heterocycles. The smallest absolute Gasteiger partial charge is 0.379 e. The molecular weight excluding hydrogens is 373 g/mol. The maximum Gasteiger partial charge on any atom is 0.469 e. The highest BCUT2D eigenvalue weighted by Crippen LogP contribution is 2.35. The molecule has 8 nitrogen and oxygen atoms in total. The summed E-state index contributed by atoms with van der Waals surface area (Å²) in [6, 6.07) is 0. The van der Waals surface area contributed by atoms with Crippen LogP contribution in [0.2, 0.25) is 0 Å². The van der Waals surface area contributed by atoms with Gasteiger partial charge in [0.2, 0.25) is 0 Å². The highest BCUT2D eigenvalue weighted by atomic mass is 31.2. The van der Waals surface area contributed by atoms with E-state index in [1.165, 1.54) is 70.6 Å². The Kier molecular flexibility index (Phi) is 19.4. The summed E-state index contributed by atoms with van der Waals surface area (Å²) in [7, 11) is -4.24. The molecular formula is C18H42NO7P. The second-order valence-corrected chi connectivity index (χ2v) is 8.09. The Balaban J connectivity index is 0. The van der Waals surface area contributed by atoms with E-state index in [1.807, 2.05) is 0 Å². The van der Waals surface area contributed by atoms with Crippen LogP contribution >= 0.6 is 7.82 Å². The third-order valence-electron chi connectivity index (χ3n) is 4.05. The Morgan fingerprint density at radius 3 is 1.33 bits per heavy atom. The van der Waals surface area contributed by atoms with E-state index < -0.39 is 26.5 Å². The van der Waals surface area contributed by atoms with E-state index in [1.54, 1.807) is 0 Å². The highest BCUT2D eigenvalue weighted by Gasteiger charge is 2.20. The van der Waals surface area contributed by atoms with E-state index in [0.29, 0.717) is 0 Å². The lowest BCUT2D eigenvalue weighted by Crippen LogP contribution is -2.45. The van der Waals surface area contributed by atoms with Crippen LogP contribution in [0.25, 0.3) is 0 Å². The molecule has 0 aromatic rings. The maximum atomic E-state index is 10.4. The summed E-state index contributed by atoms with van der Waals surface area (Å²) in [6.07, 6.45) is 9.53. The third-order valence-corrected chi connectivity index (χ3v) is 4.57. The Morgan fingerprint density at radius 2 is 1.07 bits per heavy atom. The van der Waals surface area contributed by atoms with E-state index >= 15 is 0 Å². The molecule has 0 fully saturated rings. The minimum atomic E-state index is -4.24. The molecule has 0 rings (SSSR count). The fraction of sp³-hybridized carbons (Fsp3) is 1.00. The van der Waals surface area contributed by atoms with Gasteiger partial charge < -0.3 is 25.1 Å². The van der Waals surface area contributed by atoms with Crippen molar-refractivity contribution in [3.8, 4) is 0 Å². The predicted octanol–water partition coefficient (Wildman–Crippen LogP) is 3.32. The third kappa shape index (κ3) is 22.1. The molecule has 0 aliphatic carbocycles. The number of phosphoric ester groups is 1. The second kappa shape index (κ2) is 18.0. The first-order chi connectivity index (χ1) is 12.5. The van der Waals surface area contributed by atoms with E-state index in [2.05, 4.69) is 11.4 Å². The lowest BCUT2D eigenvalue weighted by molar-refractivity contribution is -0.159. The molecule has 5 N–H and O–H groups in total. The normalized spacial score (nSPS) is 15.2. The molecule has 0 saturated carbocycles. The van der Waals surface area contributed by atoms with Crippen molar-refractivity contribution in [1.29, 1.82) is 0 Å². The zero-order valence-corrected chi connectivity index (χ0v) is 18.4. The van der Waals surface area contributed by atoms with Crippen LogP contribution in [0, 0.1) is 0 Å². The molecule has 0 aromatic heterocycles. The first-order valence-electron chi connectivity index (χ1n) is 10.0. The Labute approximate surface area is 164 Å². The topological polar surface area (TPSA) is 131 Å². The number of hydrogen-bond acceptors (Lipinski definition) is 6. The van der Waals surface area contributed by atoms with Crippen LogP contribution in [0.5, 0.6) is 0 Å². The zero-order valence-electron chi connectivity index (χ0n) is 17.5. The van der Waals surface area contributed by atoms with Crippen LogP contribution in [-0.4, -0.2) is 55.3 Å². The molecule has 0 amide bonds. The lowest BCUT2D eigenvalue weighted by Gasteiger charge is -2.30. The van der Waals surface area contributed by atoms with Crippen LogP contribution < -0.4 is 0 Å². The van der Waals surface area contributed by atoms with Crippen LogP contribution in [0.4, 0.5) is 0 Å². The van der Waals surface area contributed by atoms with Crippen molar-refractivity contribution in [1.82, 2.24) is 4.90 Å². The minimum Gasteiger partial charge on any atom is -0.379 e. The fourth-order valence-corrected chi connectivity index (χ4v) is 3.08. The van der Waals surface area contributed by atoms with Crippen LogP contribution in [-0.2, 0) is 9.09 Å². The van der Waals surface area contributed by atoms with Gasteiger partial charge in [0.25, 0.3) is 0 Å². The summed E-state index contributed by atoms with van der Waals surface area (Å²) in [5.41, 5.74) is 0. The molecule has 0 heterocycles. The molecule has 166 valence electrons. The van der Waals surface area contributed by atoms with Gasteiger partial charge in [-0.05, 0) is 27.2 Å². The molecule has 0 bridgehead atoms. The van der Waals surface area contributed by atoms with E-state index in [0.717, 1.165) is 19.3 Å². The van der Waals surface area contributed by atoms with Crippen LogP contribution in [0.1, 0.15) is 91.9 Å². The highest BCUT2D eigenvalue weighted by molar-refractivity contribution is 7.46. The number of aliphatic hydroxyl groups is 3. The van der Waals surface area contributed by atoms with E-state index in [-0.39, 0.29) is 6.61 Å². The van der Waals surface area contributed by atoms with Crippen molar-refractivity contribution in [2.75, 3.05) is 6.61 Å². The number of phosphoric acid groups is 1. The van der Waals surface area contributed by atoms with Gasteiger partial charge >= 0.3 is 7.82 Å². The summed E-state index contributed by atoms with van der Waals surface area (Å²) < 4.78 is 14.7. The first-order valence-corrected chi connectivity index (χ1v) is 11.6. The SMILES string of the molecule is CC(O)N(C(C)O)C(C)O.CCCCCCCCCCCCOP(=O)(O)O. The molecule has 3 unspecified atom stereocenters. The Hall–Kier alpha value is -0.0500. The summed E-state index contributed by atoms with van der Waals surface area (Å²) in [5, 5.41) is 26.9. The Bertz CT molecular complexity index is 343. The van der Waals surface area contributed by atoms with Crippen molar-refractivity contribution in [3.05, 3.63) is 0 Å². The monoisotopic (exact) mass is 415 g/mol. The quantitative estimate of drug-likeness (QED) is 0.156. The number of rotatable bonds is 15. The molecule has 9 heteroatoms. The van der Waals surface area contributed by atoms with Gasteiger partial charge in [0, 0.05) is 0 Å². The summed E-state index contributed by atoms with van der Waals surface area (Å²) >= 11 is 0. The van der Waals surface area contributed by atoms with Crippen molar-refractivity contribution >= 4 is 7.82 Å². The molecule has 0 radical (unpaired) electrons. The van der Waals surface area contributed by atoms with Crippen molar-refractivity contribution < 1.29 is 34.2 Å². The van der Waals surface area contributed by atoms with E-state index in [9.17, 15) is 4.57 Å². The maximum absolute atomic E-state index is 10.4. The minimum absolute atomic E-state index is 0.167. The van der Waals surface area contributed by atoms with Gasteiger partial charge in [-0.2, -0.15) is 0 Å². The van der Waals surface area contributed by atoms with Gasteiger partial charge in [-0.25, -0.2) is 9.46 Å². The van der Waals surface area contributed by atoms with Crippen molar-refractivity contribution in [3.63, 3.8) is 0 Å². The van der Waals surface area contributed by atoms with Gasteiger partial charge in [0.15, 0.2) is 0 Å². The number of aliphatic hydroxyl groups excluding tert-OH is 3. The molecule has 0 spiro atoms. The van der Waals surface area contributed by atoms with E-state index in [4.69, 9.17) is 25.1 Å². The summed E-state index contributed by atoms with van der Waals surface area (Å²) in [5.74, 6) is 0. The van der Waals surface area contributed by atoms with Gasteiger partial charge in [0.1, 0.15) is 18.7 Å². The molecule has 27 heavy (non-hydrogen) atoms. The molecule has 0 aromatic carbocycles. The summed E-state index contributed by atoms with van der Waals surface area (Å²) in [6.45, 7) is 6.85. The van der Waals surface area contributed by atoms with Crippen molar-refractivity contribution in [2.24, 2.45) is 0 Å². The first kappa shape index (κ1) is 29.2. The largest absolute Gasteiger partial charge is 0.469 e. The number of unbranched alkanes of at least 4 members (excludes halogenated alkanes) is 9.